The molecule has 1 rings (SSSR count). The van der Waals surface area contributed by atoms with Gasteiger partial charge in [-0.1, -0.05) is 20.8 Å². The standard InChI is InChI=1S/C13H14F6O3/c1-11(2,3)10(20)8-6-7(21-12(14,15)16)4-5-9(8)22-13(17,18)19/h4-6,10,20H,1-3H3. The van der Waals surface area contributed by atoms with Gasteiger partial charge in [-0.3, -0.25) is 0 Å². The van der Waals surface area contributed by atoms with Gasteiger partial charge < -0.3 is 14.6 Å². The topological polar surface area (TPSA) is 38.7 Å². The first-order valence-corrected chi connectivity index (χ1v) is 6.02. The van der Waals surface area contributed by atoms with Crippen LogP contribution in [0.3, 0.4) is 0 Å². The summed E-state index contributed by atoms with van der Waals surface area (Å²) in [6.45, 7) is 4.52. The summed E-state index contributed by atoms with van der Waals surface area (Å²) in [5.74, 6) is -1.54. The highest BCUT2D eigenvalue weighted by atomic mass is 19.4. The van der Waals surface area contributed by atoms with Gasteiger partial charge in [-0.2, -0.15) is 0 Å². The minimum Gasteiger partial charge on any atom is -0.406 e. The molecule has 0 saturated carbocycles. The zero-order valence-corrected chi connectivity index (χ0v) is 11.8. The highest BCUT2D eigenvalue weighted by Gasteiger charge is 2.36. The predicted octanol–water partition coefficient (Wildman–Crippen LogP) is 4.56. The Morgan fingerprint density at radius 2 is 1.41 bits per heavy atom. The maximum Gasteiger partial charge on any atom is 0.573 e. The van der Waals surface area contributed by atoms with Crippen LogP contribution in [-0.4, -0.2) is 17.8 Å². The number of hydrogen-bond acceptors (Lipinski definition) is 3. The third-order valence-electron chi connectivity index (χ3n) is 2.56. The summed E-state index contributed by atoms with van der Waals surface area (Å²) in [5.41, 5.74) is -1.38. The van der Waals surface area contributed by atoms with Gasteiger partial charge in [0.1, 0.15) is 11.5 Å². The molecule has 1 N–H and O–H groups in total. The molecule has 0 aliphatic rings. The largest absolute Gasteiger partial charge is 0.573 e. The van der Waals surface area contributed by atoms with Crippen LogP contribution >= 0.6 is 0 Å². The summed E-state index contributed by atoms with van der Waals surface area (Å²) in [7, 11) is 0. The maximum atomic E-state index is 12.3. The second-order valence-corrected chi connectivity index (χ2v) is 5.56. The highest BCUT2D eigenvalue weighted by Crippen LogP contribution is 2.41. The van der Waals surface area contributed by atoms with Crippen molar-refractivity contribution in [2.75, 3.05) is 0 Å². The Labute approximate surface area is 122 Å². The molecular weight excluding hydrogens is 318 g/mol. The number of rotatable bonds is 3. The molecule has 1 aromatic rings. The van der Waals surface area contributed by atoms with E-state index in [0.717, 1.165) is 0 Å². The zero-order chi connectivity index (χ0) is 17.3. The van der Waals surface area contributed by atoms with Crippen molar-refractivity contribution in [2.24, 2.45) is 5.41 Å². The molecule has 1 unspecified atom stereocenters. The molecule has 0 bridgehead atoms. The molecular formula is C13H14F6O3. The van der Waals surface area contributed by atoms with Crippen LogP contribution in [0.4, 0.5) is 26.3 Å². The van der Waals surface area contributed by atoms with E-state index in [1.54, 1.807) is 0 Å². The number of alkyl halides is 6. The van der Waals surface area contributed by atoms with Crippen LogP contribution in [0.25, 0.3) is 0 Å². The molecule has 22 heavy (non-hydrogen) atoms. The van der Waals surface area contributed by atoms with E-state index in [1.807, 2.05) is 0 Å². The number of benzene rings is 1. The zero-order valence-electron chi connectivity index (χ0n) is 11.8. The van der Waals surface area contributed by atoms with E-state index in [4.69, 9.17) is 0 Å². The van der Waals surface area contributed by atoms with Gasteiger partial charge in [0, 0.05) is 5.56 Å². The predicted molar refractivity (Wildman–Crippen MR) is 64.2 cm³/mol. The fraction of sp³-hybridized carbons (Fsp3) is 0.538. The molecule has 9 heteroatoms. The van der Waals surface area contributed by atoms with Crippen LogP contribution in [0.5, 0.6) is 11.5 Å². The van der Waals surface area contributed by atoms with Crippen LogP contribution in [0.2, 0.25) is 0 Å². The maximum absolute atomic E-state index is 12.3. The minimum atomic E-state index is -5.04. The molecule has 1 atom stereocenters. The monoisotopic (exact) mass is 332 g/mol. The summed E-state index contributed by atoms with van der Waals surface area (Å²) >= 11 is 0. The first-order chi connectivity index (χ1) is 9.69. The molecule has 0 saturated heterocycles. The third kappa shape index (κ3) is 5.63. The number of hydrogen-bond donors (Lipinski definition) is 1. The average molecular weight is 332 g/mol. The lowest BCUT2D eigenvalue weighted by Gasteiger charge is -2.28. The van der Waals surface area contributed by atoms with E-state index in [0.29, 0.717) is 18.2 Å². The van der Waals surface area contributed by atoms with Crippen LogP contribution < -0.4 is 9.47 Å². The summed E-state index contributed by atoms with van der Waals surface area (Å²) < 4.78 is 80.9. The van der Waals surface area contributed by atoms with Crippen molar-refractivity contribution in [3.8, 4) is 11.5 Å². The second kappa shape index (κ2) is 5.86. The van der Waals surface area contributed by atoms with Crippen molar-refractivity contribution < 1.29 is 40.9 Å². The van der Waals surface area contributed by atoms with Crippen LogP contribution in [0.15, 0.2) is 18.2 Å². The van der Waals surface area contributed by atoms with Crippen molar-refractivity contribution in [3.63, 3.8) is 0 Å². The van der Waals surface area contributed by atoms with Gasteiger partial charge in [0.2, 0.25) is 0 Å². The van der Waals surface area contributed by atoms with Gasteiger partial charge >= 0.3 is 12.7 Å². The molecule has 0 amide bonds. The Hall–Kier alpha value is -1.64. The lowest BCUT2D eigenvalue weighted by atomic mass is 9.84. The average Bonchev–Trinajstić information content (AvgIpc) is 2.25. The Bertz CT molecular complexity index is 516. The van der Waals surface area contributed by atoms with Gasteiger partial charge in [-0.15, -0.1) is 26.3 Å². The van der Waals surface area contributed by atoms with Crippen molar-refractivity contribution in [1.82, 2.24) is 0 Å². The summed E-state index contributed by atoms with van der Waals surface area (Å²) in [5, 5.41) is 10.1. The van der Waals surface area contributed by atoms with Crippen molar-refractivity contribution in [3.05, 3.63) is 23.8 Å². The highest BCUT2D eigenvalue weighted by molar-refractivity contribution is 5.42. The van der Waals surface area contributed by atoms with Crippen LogP contribution in [0.1, 0.15) is 32.4 Å². The minimum absolute atomic E-state index is 0.452. The van der Waals surface area contributed by atoms with E-state index in [1.165, 1.54) is 20.8 Å². The number of halogens is 6. The van der Waals surface area contributed by atoms with Gasteiger partial charge in [0.05, 0.1) is 6.10 Å². The first kappa shape index (κ1) is 18.4. The van der Waals surface area contributed by atoms with E-state index in [9.17, 15) is 31.4 Å². The number of ether oxygens (including phenoxy) is 2. The third-order valence-corrected chi connectivity index (χ3v) is 2.56. The Morgan fingerprint density at radius 1 is 0.909 bits per heavy atom. The molecule has 1 aromatic carbocycles. The van der Waals surface area contributed by atoms with Crippen molar-refractivity contribution in [1.29, 1.82) is 0 Å². The van der Waals surface area contributed by atoms with E-state index < -0.39 is 41.3 Å². The van der Waals surface area contributed by atoms with Gasteiger partial charge in [0.15, 0.2) is 0 Å². The van der Waals surface area contributed by atoms with Crippen molar-refractivity contribution in [2.45, 2.75) is 39.6 Å². The Kier molecular flexibility index (Phi) is 4.91. The summed E-state index contributed by atoms with van der Waals surface area (Å²) in [6.07, 6.45) is -11.5. The van der Waals surface area contributed by atoms with E-state index in [2.05, 4.69) is 9.47 Å². The molecule has 126 valence electrons. The number of aliphatic hydroxyl groups is 1. The van der Waals surface area contributed by atoms with Crippen LogP contribution in [-0.2, 0) is 0 Å². The lowest BCUT2D eigenvalue weighted by Crippen LogP contribution is -2.23. The second-order valence-electron chi connectivity index (χ2n) is 5.56. The number of aliphatic hydroxyl groups excluding tert-OH is 1. The van der Waals surface area contributed by atoms with Gasteiger partial charge in [-0.05, 0) is 23.6 Å². The SMILES string of the molecule is CC(C)(C)C(O)c1cc(OC(F)(F)F)ccc1OC(F)(F)F. The fourth-order valence-electron chi connectivity index (χ4n) is 1.62. The fourth-order valence-corrected chi connectivity index (χ4v) is 1.62. The molecule has 0 heterocycles. The quantitative estimate of drug-likeness (QED) is 0.825. The smallest absolute Gasteiger partial charge is 0.406 e. The van der Waals surface area contributed by atoms with Crippen molar-refractivity contribution >= 4 is 0 Å². The first-order valence-electron chi connectivity index (χ1n) is 6.02. The van der Waals surface area contributed by atoms with Gasteiger partial charge in [-0.25, -0.2) is 0 Å². The molecule has 0 aromatic heterocycles. The van der Waals surface area contributed by atoms with E-state index >= 15 is 0 Å². The molecule has 3 nitrogen and oxygen atoms in total. The summed E-state index contributed by atoms with van der Waals surface area (Å²) in [6, 6.07) is 2.01. The Balaban J connectivity index is 3.28. The van der Waals surface area contributed by atoms with Gasteiger partial charge in [0.25, 0.3) is 0 Å². The molecule has 0 fully saturated rings. The molecule has 0 aliphatic heterocycles. The Morgan fingerprint density at radius 3 is 1.82 bits per heavy atom. The lowest BCUT2D eigenvalue weighted by molar-refractivity contribution is -0.277. The summed E-state index contributed by atoms with van der Waals surface area (Å²) in [4.78, 5) is 0. The molecule has 0 radical (unpaired) electrons. The van der Waals surface area contributed by atoms with Crippen LogP contribution in [0, 0.1) is 5.41 Å². The van der Waals surface area contributed by atoms with E-state index in [-0.39, 0.29) is 0 Å². The normalized spacial score (nSPS) is 14.6. The molecule has 0 aliphatic carbocycles. The molecule has 0 spiro atoms.